The summed E-state index contributed by atoms with van der Waals surface area (Å²) in [5.74, 6) is -0.0958. The second-order valence-electron chi connectivity index (χ2n) is 8.05. The Morgan fingerprint density at radius 3 is 2.37 bits per heavy atom. The lowest BCUT2D eigenvalue weighted by Crippen LogP contribution is -2.20. The zero-order valence-corrected chi connectivity index (χ0v) is 21.1. The first-order chi connectivity index (χ1) is 18.4. The third kappa shape index (κ3) is 5.11. The molecule has 0 unspecified atom stereocenters. The van der Waals surface area contributed by atoms with Crippen molar-refractivity contribution in [3.63, 3.8) is 0 Å². The molecule has 0 spiro atoms. The molecular weight excluding hydrogens is 552 g/mol. The fourth-order valence-electron chi connectivity index (χ4n) is 3.69. The molecule has 5 aromatic rings. The Morgan fingerprint density at radius 1 is 0.947 bits per heavy atom. The summed E-state index contributed by atoms with van der Waals surface area (Å²) in [6.07, 6.45) is 1.40. The van der Waals surface area contributed by atoms with Crippen molar-refractivity contribution in [2.75, 3.05) is 0 Å². The smallest absolute Gasteiger partial charge is 0.343 e. The van der Waals surface area contributed by atoms with Crippen LogP contribution in [-0.4, -0.2) is 26.8 Å². The van der Waals surface area contributed by atoms with Crippen molar-refractivity contribution in [2.45, 2.75) is 0 Å². The fraction of sp³-hybridized carbons (Fsp3) is 0. The van der Waals surface area contributed by atoms with Crippen LogP contribution >= 0.6 is 15.9 Å². The minimum Gasteiger partial charge on any atom is -0.422 e. The maximum atomic E-state index is 13.4. The number of carbonyl (C=O) groups is 1. The van der Waals surface area contributed by atoms with Gasteiger partial charge < -0.3 is 4.74 Å². The van der Waals surface area contributed by atoms with Crippen molar-refractivity contribution in [1.82, 2.24) is 9.66 Å². The number of nitro groups is 1. The van der Waals surface area contributed by atoms with Crippen molar-refractivity contribution < 1.29 is 14.5 Å². The minimum atomic E-state index is -0.547. The molecule has 10 heteroatoms. The maximum Gasteiger partial charge on any atom is 0.343 e. The zero-order valence-electron chi connectivity index (χ0n) is 19.5. The Hall–Kier alpha value is -4.96. The number of rotatable bonds is 6. The molecule has 1 aromatic heterocycles. The molecule has 0 atom stereocenters. The second-order valence-corrected chi connectivity index (χ2v) is 8.97. The van der Waals surface area contributed by atoms with Gasteiger partial charge in [0.25, 0.3) is 11.2 Å². The van der Waals surface area contributed by atoms with Crippen LogP contribution in [0.2, 0.25) is 0 Å². The third-order valence-electron chi connectivity index (χ3n) is 5.60. The number of carbonyl (C=O) groups excluding carboxylic acids is 1. The quantitative estimate of drug-likeness (QED) is 0.0835. The standard InChI is InChI=1S/C28H17BrN4O5/c29-21-13-9-19(10-14-21)28(35)38-25-8-4-1-5-20(25)17-30-32-26(18-11-15-22(16-12-18)33(36)37)31-24-7-3-2-6-23(24)27(32)34/h1-17H. The van der Waals surface area contributed by atoms with E-state index in [0.29, 0.717) is 27.6 Å². The van der Waals surface area contributed by atoms with Crippen LogP contribution in [0.3, 0.4) is 0 Å². The number of nitro benzene ring substituents is 1. The Kier molecular flexibility index (Phi) is 6.88. The molecule has 0 radical (unpaired) electrons. The lowest BCUT2D eigenvalue weighted by molar-refractivity contribution is -0.384. The van der Waals surface area contributed by atoms with Crippen molar-refractivity contribution in [3.8, 4) is 17.1 Å². The lowest BCUT2D eigenvalue weighted by Gasteiger charge is -2.10. The summed E-state index contributed by atoms with van der Waals surface area (Å²) in [5.41, 5.74) is 1.23. The van der Waals surface area contributed by atoms with Crippen molar-refractivity contribution in [1.29, 1.82) is 0 Å². The normalized spacial score (nSPS) is 11.1. The number of ether oxygens (including phenoxy) is 1. The molecule has 4 aromatic carbocycles. The molecule has 0 amide bonds. The fourth-order valence-corrected chi connectivity index (χ4v) is 3.96. The van der Waals surface area contributed by atoms with E-state index in [2.05, 4.69) is 26.0 Å². The van der Waals surface area contributed by atoms with Gasteiger partial charge in [-0.2, -0.15) is 9.78 Å². The molecule has 0 saturated heterocycles. The van der Waals surface area contributed by atoms with Crippen molar-refractivity contribution in [3.05, 3.63) is 133 Å². The van der Waals surface area contributed by atoms with Crippen LogP contribution in [0.1, 0.15) is 15.9 Å². The highest BCUT2D eigenvalue weighted by molar-refractivity contribution is 9.10. The predicted molar refractivity (Wildman–Crippen MR) is 147 cm³/mol. The van der Waals surface area contributed by atoms with Crippen LogP contribution in [0.5, 0.6) is 5.75 Å². The Bertz CT molecular complexity index is 1760. The molecule has 38 heavy (non-hydrogen) atoms. The van der Waals surface area contributed by atoms with Crippen LogP contribution in [0, 0.1) is 10.1 Å². The maximum absolute atomic E-state index is 13.4. The number of esters is 1. The summed E-state index contributed by atoms with van der Waals surface area (Å²) in [4.78, 5) is 41.3. The molecule has 0 bridgehead atoms. The molecule has 0 saturated carbocycles. The van der Waals surface area contributed by atoms with E-state index < -0.39 is 16.5 Å². The van der Waals surface area contributed by atoms with E-state index in [4.69, 9.17) is 4.74 Å². The largest absolute Gasteiger partial charge is 0.422 e. The van der Waals surface area contributed by atoms with Gasteiger partial charge in [0, 0.05) is 27.7 Å². The van der Waals surface area contributed by atoms with Gasteiger partial charge >= 0.3 is 5.97 Å². The molecule has 0 aliphatic heterocycles. The number of benzene rings is 4. The molecule has 0 N–H and O–H groups in total. The molecule has 0 aliphatic carbocycles. The summed E-state index contributed by atoms with van der Waals surface area (Å²) in [6.45, 7) is 0. The number of non-ortho nitro benzene ring substituents is 1. The van der Waals surface area contributed by atoms with E-state index in [1.807, 2.05) is 0 Å². The molecule has 186 valence electrons. The van der Waals surface area contributed by atoms with Crippen LogP contribution in [0.15, 0.2) is 111 Å². The minimum absolute atomic E-state index is 0.0894. The van der Waals surface area contributed by atoms with Gasteiger partial charge in [-0.05, 0) is 60.7 Å². The van der Waals surface area contributed by atoms with Gasteiger partial charge in [0.05, 0.1) is 27.6 Å². The highest BCUT2D eigenvalue weighted by Crippen LogP contribution is 2.23. The molecule has 0 fully saturated rings. The van der Waals surface area contributed by atoms with E-state index in [9.17, 15) is 19.7 Å². The van der Waals surface area contributed by atoms with Gasteiger partial charge in [-0.25, -0.2) is 9.78 Å². The molecular formula is C28H17BrN4O5. The predicted octanol–water partition coefficient (Wildman–Crippen LogP) is 5.84. The number of fused-ring (bicyclic) bond motifs is 1. The lowest BCUT2D eigenvalue weighted by atomic mass is 10.1. The molecule has 1 heterocycles. The average Bonchev–Trinajstić information content (AvgIpc) is 2.93. The van der Waals surface area contributed by atoms with E-state index in [0.717, 1.165) is 9.15 Å². The van der Waals surface area contributed by atoms with Gasteiger partial charge in [0.1, 0.15) is 5.75 Å². The zero-order chi connectivity index (χ0) is 26.6. The summed E-state index contributed by atoms with van der Waals surface area (Å²) >= 11 is 3.34. The first kappa shape index (κ1) is 24.7. The monoisotopic (exact) mass is 568 g/mol. The number of hydrogen-bond donors (Lipinski definition) is 0. The number of hydrogen-bond acceptors (Lipinski definition) is 7. The second kappa shape index (κ2) is 10.6. The van der Waals surface area contributed by atoms with E-state index >= 15 is 0 Å². The summed E-state index contributed by atoms with van der Waals surface area (Å²) < 4.78 is 7.55. The molecule has 5 rings (SSSR count). The van der Waals surface area contributed by atoms with Crippen molar-refractivity contribution in [2.24, 2.45) is 5.10 Å². The van der Waals surface area contributed by atoms with Crippen molar-refractivity contribution >= 4 is 44.7 Å². The summed E-state index contributed by atoms with van der Waals surface area (Å²) in [7, 11) is 0. The Morgan fingerprint density at radius 2 is 1.63 bits per heavy atom. The number of halogens is 1. The molecule has 0 aliphatic rings. The summed E-state index contributed by atoms with van der Waals surface area (Å²) in [5, 5.41) is 15.8. The van der Waals surface area contributed by atoms with Gasteiger partial charge in [-0.15, -0.1) is 0 Å². The topological polar surface area (TPSA) is 117 Å². The highest BCUT2D eigenvalue weighted by Gasteiger charge is 2.15. The van der Waals surface area contributed by atoms with Crippen LogP contribution in [0.4, 0.5) is 5.69 Å². The SMILES string of the molecule is O=C(Oc1ccccc1C=Nn1c(-c2ccc([N+](=O)[O-])cc2)nc2ccccc2c1=O)c1ccc(Br)cc1. The first-order valence-electron chi connectivity index (χ1n) is 11.3. The van der Waals surface area contributed by atoms with Gasteiger partial charge in [-0.1, -0.05) is 40.2 Å². The molecule has 9 nitrogen and oxygen atoms in total. The number of nitrogens with zero attached hydrogens (tertiary/aromatic N) is 4. The average molecular weight is 569 g/mol. The van der Waals surface area contributed by atoms with Crippen LogP contribution in [0.25, 0.3) is 22.3 Å². The summed E-state index contributed by atoms with van der Waals surface area (Å²) in [6, 6.07) is 26.1. The Labute approximate surface area is 223 Å². The highest BCUT2D eigenvalue weighted by atomic mass is 79.9. The van der Waals surface area contributed by atoms with Gasteiger partial charge in [0.2, 0.25) is 0 Å². The third-order valence-corrected chi connectivity index (χ3v) is 6.13. The Balaban J connectivity index is 1.56. The van der Waals surface area contributed by atoms with E-state index in [-0.39, 0.29) is 17.3 Å². The van der Waals surface area contributed by atoms with E-state index in [1.165, 1.54) is 30.5 Å². The number of aromatic nitrogens is 2. The van der Waals surface area contributed by atoms with E-state index in [1.54, 1.807) is 72.8 Å². The first-order valence-corrected chi connectivity index (χ1v) is 12.1. The van der Waals surface area contributed by atoms with Gasteiger partial charge in [0.15, 0.2) is 5.82 Å². The van der Waals surface area contributed by atoms with Crippen LogP contribution in [-0.2, 0) is 0 Å². The van der Waals surface area contributed by atoms with Crippen LogP contribution < -0.4 is 10.3 Å². The number of para-hydroxylation sites is 2. The van der Waals surface area contributed by atoms with Gasteiger partial charge in [-0.3, -0.25) is 14.9 Å².